The summed E-state index contributed by atoms with van der Waals surface area (Å²) in [6.45, 7) is 0. The second kappa shape index (κ2) is 15.0. The second-order valence-corrected chi connectivity index (χ2v) is 10.1. The Morgan fingerprint density at radius 2 is 1.15 bits per heavy atom. The van der Waals surface area contributed by atoms with Gasteiger partial charge in [0.15, 0.2) is 0 Å². The first-order valence-corrected chi connectivity index (χ1v) is 14.2. The molecular formula is C36H24F4IrN7-3. The van der Waals surface area contributed by atoms with Crippen LogP contribution in [0.1, 0.15) is 0 Å². The first kappa shape index (κ1) is 33.9. The third-order valence-corrected chi connectivity index (χ3v) is 6.98. The fourth-order valence-electron chi connectivity index (χ4n) is 4.83. The minimum Gasteiger partial charge on any atom is -0.574 e. The van der Waals surface area contributed by atoms with E-state index in [1.165, 1.54) is 9.13 Å². The average molecular weight is 823 g/mol. The molecule has 0 aliphatic rings. The Morgan fingerprint density at radius 3 is 1.58 bits per heavy atom. The van der Waals surface area contributed by atoms with Crippen LogP contribution in [0.5, 0.6) is 0 Å². The van der Waals surface area contributed by atoms with Gasteiger partial charge in [0.25, 0.3) is 0 Å². The molecule has 1 radical (unpaired) electrons. The van der Waals surface area contributed by atoms with Crippen LogP contribution in [-0.2, 0) is 34.2 Å². The van der Waals surface area contributed by atoms with E-state index >= 15 is 0 Å². The van der Waals surface area contributed by atoms with Crippen molar-refractivity contribution in [2.75, 3.05) is 0 Å². The number of nitrogens with zero attached hydrogens (tertiary/aromatic N) is 7. The van der Waals surface area contributed by atoms with Crippen LogP contribution in [0.2, 0.25) is 0 Å². The molecule has 4 heterocycles. The summed E-state index contributed by atoms with van der Waals surface area (Å²) in [5.41, 5.74) is 5.42. The molecule has 0 saturated carbocycles. The maximum Gasteiger partial charge on any atom is 0.242 e. The monoisotopic (exact) mass is 823 g/mol. The zero-order valence-electron chi connectivity index (χ0n) is 25.4. The molecule has 4 aromatic carbocycles. The van der Waals surface area contributed by atoms with E-state index in [1.807, 2.05) is 86.9 Å². The third kappa shape index (κ3) is 7.25. The Labute approximate surface area is 286 Å². The second-order valence-electron chi connectivity index (χ2n) is 10.1. The maximum atomic E-state index is 13.8. The van der Waals surface area contributed by atoms with Crippen LogP contribution in [-0.4, -0.2) is 19.2 Å². The van der Waals surface area contributed by atoms with Crippen LogP contribution in [0.4, 0.5) is 17.6 Å². The summed E-state index contributed by atoms with van der Waals surface area (Å²) in [5.74, 6) is -2.60. The van der Waals surface area contributed by atoms with Gasteiger partial charge in [-0.1, -0.05) is 66.4 Å². The SMILES string of the molecule is C[n+]1[c-]n(-c2[c-]cc(F)cc2F)c2ccccc21.C[n+]1[c-]n(-c2[c-]cc(F)cc2F)c2ccccc21.[Ir].c1ccc(-c2ccn[n-]2)nc1. The van der Waals surface area contributed by atoms with Crippen LogP contribution < -0.4 is 14.2 Å². The Morgan fingerprint density at radius 1 is 0.646 bits per heavy atom. The van der Waals surface area contributed by atoms with Crippen LogP contribution in [0.25, 0.3) is 44.8 Å². The van der Waals surface area contributed by atoms with E-state index < -0.39 is 23.3 Å². The van der Waals surface area contributed by atoms with Gasteiger partial charge < -0.3 is 28.5 Å². The van der Waals surface area contributed by atoms with Gasteiger partial charge in [-0.2, -0.15) is 12.1 Å². The molecule has 0 fully saturated rings. The maximum absolute atomic E-state index is 13.8. The Bertz CT molecular complexity index is 2160. The number of aryl methyl sites for hydroxylation is 2. The molecule has 0 saturated heterocycles. The van der Waals surface area contributed by atoms with Gasteiger partial charge in [-0.15, -0.1) is 24.3 Å². The van der Waals surface area contributed by atoms with Crippen molar-refractivity contribution in [3.8, 4) is 22.8 Å². The van der Waals surface area contributed by atoms with Crippen molar-refractivity contribution in [2.45, 2.75) is 0 Å². The van der Waals surface area contributed by atoms with Crippen molar-refractivity contribution in [2.24, 2.45) is 14.1 Å². The van der Waals surface area contributed by atoms with Gasteiger partial charge in [0.05, 0.1) is 36.2 Å². The first-order valence-electron chi connectivity index (χ1n) is 14.2. The molecule has 8 aromatic rings. The number of rotatable bonds is 3. The van der Waals surface area contributed by atoms with Gasteiger partial charge in [0.1, 0.15) is 0 Å². The molecule has 0 aliphatic carbocycles. The van der Waals surface area contributed by atoms with Crippen LogP contribution in [0.3, 0.4) is 0 Å². The smallest absolute Gasteiger partial charge is 0.242 e. The number of halogens is 4. The number of pyridine rings is 1. The van der Waals surface area contributed by atoms with Crippen molar-refractivity contribution in [3.63, 3.8) is 0 Å². The first-order chi connectivity index (χ1) is 22.8. The summed E-state index contributed by atoms with van der Waals surface area (Å²) in [7, 11) is 3.64. The van der Waals surface area contributed by atoms with Crippen LogP contribution in [0.15, 0.2) is 109 Å². The molecular weight excluding hydrogens is 799 g/mol. The molecule has 7 nitrogen and oxygen atoms in total. The van der Waals surface area contributed by atoms with Gasteiger partial charge in [0, 0.05) is 61.5 Å². The minimum atomic E-state index is -0.660. The molecule has 0 bridgehead atoms. The van der Waals surface area contributed by atoms with E-state index in [2.05, 4.69) is 40.0 Å². The molecule has 0 spiro atoms. The van der Waals surface area contributed by atoms with Crippen molar-refractivity contribution < 1.29 is 46.8 Å². The summed E-state index contributed by atoms with van der Waals surface area (Å²) in [6.07, 6.45) is 9.33. The number of aromatic nitrogens is 7. The molecule has 4 aromatic heterocycles. The molecule has 0 amide bonds. The predicted octanol–water partition coefficient (Wildman–Crippen LogP) is 5.77. The number of benzene rings is 4. The summed E-state index contributed by atoms with van der Waals surface area (Å²) in [6, 6.07) is 31.7. The molecule has 0 aliphatic heterocycles. The molecule has 0 N–H and O–H groups in total. The van der Waals surface area contributed by atoms with E-state index in [9.17, 15) is 17.6 Å². The van der Waals surface area contributed by atoms with Gasteiger partial charge in [0.2, 0.25) is 12.7 Å². The topological polar surface area (TPSA) is 57.5 Å². The summed E-state index contributed by atoms with van der Waals surface area (Å²) in [5, 5.41) is 7.58. The fraction of sp³-hybridized carbons (Fsp3) is 0.0556. The van der Waals surface area contributed by atoms with Gasteiger partial charge >= 0.3 is 0 Å². The molecule has 243 valence electrons. The Hall–Kier alpha value is -5.45. The van der Waals surface area contributed by atoms with Crippen molar-refractivity contribution >= 4 is 22.1 Å². The standard InChI is InChI=1S/2C14H9F2N2.C8H6N3.Ir/c2*1-17-9-18(14-5-3-2-4-13(14)17)12-7-6-10(15)8-11(12)16;1-2-5-9-7(3-1)8-4-6-10-11-8;/h2*2-6,8H,1H3;1-6H;/q3*-1;. The quantitative estimate of drug-likeness (QED) is 0.130. The molecule has 0 atom stereocenters. The largest absolute Gasteiger partial charge is 0.574 e. The number of para-hydroxylation sites is 4. The molecule has 12 heteroatoms. The van der Waals surface area contributed by atoms with Crippen LogP contribution >= 0.6 is 0 Å². The molecule has 8 rings (SSSR count). The van der Waals surface area contributed by atoms with E-state index in [0.717, 1.165) is 57.7 Å². The van der Waals surface area contributed by atoms with E-state index in [0.29, 0.717) is 0 Å². The summed E-state index contributed by atoms with van der Waals surface area (Å²) >= 11 is 0. The normalized spacial score (nSPS) is 10.5. The van der Waals surface area contributed by atoms with Gasteiger partial charge in [-0.05, 0) is 23.5 Å². The molecule has 48 heavy (non-hydrogen) atoms. The van der Waals surface area contributed by atoms with Crippen molar-refractivity contribution in [3.05, 3.63) is 158 Å². The zero-order chi connectivity index (χ0) is 32.9. The summed E-state index contributed by atoms with van der Waals surface area (Å²) in [4.78, 5) is 4.12. The van der Waals surface area contributed by atoms with Gasteiger partial charge in [-0.25, -0.2) is 0 Å². The van der Waals surface area contributed by atoms with E-state index in [-0.39, 0.29) is 31.5 Å². The predicted molar refractivity (Wildman–Crippen MR) is 165 cm³/mol. The average Bonchev–Trinajstić information content (AvgIpc) is 3.82. The number of hydrogen-bond acceptors (Lipinski definition) is 2. The van der Waals surface area contributed by atoms with Crippen molar-refractivity contribution in [1.29, 1.82) is 0 Å². The van der Waals surface area contributed by atoms with Crippen molar-refractivity contribution in [1.82, 2.24) is 24.3 Å². The zero-order valence-corrected chi connectivity index (χ0v) is 27.8. The Balaban J connectivity index is 0.000000144. The molecule has 0 unspecified atom stereocenters. The van der Waals surface area contributed by atoms with E-state index in [4.69, 9.17) is 0 Å². The fourth-order valence-corrected chi connectivity index (χ4v) is 4.83. The number of hydrogen-bond donors (Lipinski definition) is 0. The van der Waals surface area contributed by atoms with Gasteiger partial charge in [-0.3, -0.25) is 22.5 Å². The Kier molecular flexibility index (Phi) is 10.6. The summed E-state index contributed by atoms with van der Waals surface area (Å²) < 4.78 is 59.9. The number of imidazole rings is 2. The van der Waals surface area contributed by atoms with Crippen LogP contribution in [0, 0.1) is 48.1 Å². The minimum absolute atomic E-state index is 0. The third-order valence-electron chi connectivity index (χ3n) is 6.98. The van der Waals surface area contributed by atoms with E-state index in [1.54, 1.807) is 21.5 Å². The number of fused-ring (bicyclic) bond motifs is 2.